The van der Waals surface area contributed by atoms with E-state index in [9.17, 15) is 9.59 Å². The summed E-state index contributed by atoms with van der Waals surface area (Å²) in [5.74, 6) is 0.0118. The molecule has 2 rings (SSSR count). The van der Waals surface area contributed by atoms with Crippen LogP contribution in [0.5, 0.6) is 0 Å². The second-order valence-corrected chi connectivity index (χ2v) is 3.69. The van der Waals surface area contributed by atoms with Gasteiger partial charge in [-0.15, -0.1) is 0 Å². The fourth-order valence-corrected chi connectivity index (χ4v) is 1.93. The van der Waals surface area contributed by atoms with E-state index in [1.807, 2.05) is 0 Å². The summed E-state index contributed by atoms with van der Waals surface area (Å²) in [5, 5.41) is 10.9. The van der Waals surface area contributed by atoms with Gasteiger partial charge in [-0.3, -0.25) is 10.1 Å². The van der Waals surface area contributed by atoms with E-state index in [0.717, 1.165) is 17.7 Å². The molecule has 1 aliphatic heterocycles. The van der Waals surface area contributed by atoms with Gasteiger partial charge in [0.05, 0.1) is 0 Å². The Morgan fingerprint density at radius 3 is 2.81 bits per heavy atom. The molecule has 1 aromatic rings. The lowest BCUT2D eigenvalue weighted by Crippen LogP contribution is -2.25. The second-order valence-electron chi connectivity index (χ2n) is 3.69. The van der Waals surface area contributed by atoms with Crippen molar-refractivity contribution in [2.24, 2.45) is 0 Å². The Morgan fingerprint density at radius 1 is 1.44 bits per heavy atom. The first-order valence-electron chi connectivity index (χ1n) is 4.99. The number of benzene rings is 1. The maximum atomic E-state index is 11.3. The van der Waals surface area contributed by atoms with E-state index in [-0.39, 0.29) is 5.91 Å². The van der Waals surface area contributed by atoms with Gasteiger partial charge >= 0.3 is 6.09 Å². The van der Waals surface area contributed by atoms with Crippen LogP contribution < -0.4 is 10.2 Å². The predicted molar refractivity (Wildman–Crippen MR) is 59.8 cm³/mol. The Bertz CT molecular complexity index is 457. The normalized spacial score (nSPS) is 13.4. The van der Waals surface area contributed by atoms with Crippen molar-refractivity contribution in [1.82, 2.24) is 0 Å². The SMILES string of the molecule is CC(=O)N1CCc2cc(NC(=O)O)ccc21. The highest BCUT2D eigenvalue weighted by atomic mass is 16.4. The molecule has 0 spiro atoms. The van der Waals surface area contributed by atoms with Gasteiger partial charge in [-0.1, -0.05) is 0 Å². The number of hydrogen-bond acceptors (Lipinski definition) is 2. The van der Waals surface area contributed by atoms with Gasteiger partial charge in [0.1, 0.15) is 0 Å². The number of carbonyl (C=O) groups excluding carboxylic acids is 1. The predicted octanol–water partition coefficient (Wildman–Crippen LogP) is 1.69. The third-order valence-electron chi connectivity index (χ3n) is 2.61. The summed E-state index contributed by atoms with van der Waals surface area (Å²) >= 11 is 0. The van der Waals surface area contributed by atoms with Gasteiger partial charge in [0.25, 0.3) is 0 Å². The molecule has 0 unspecified atom stereocenters. The highest BCUT2D eigenvalue weighted by Crippen LogP contribution is 2.30. The first-order chi connectivity index (χ1) is 7.58. The Kier molecular flexibility index (Phi) is 2.52. The average Bonchev–Trinajstić information content (AvgIpc) is 2.59. The Labute approximate surface area is 92.7 Å². The number of amides is 2. The zero-order valence-electron chi connectivity index (χ0n) is 8.86. The van der Waals surface area contributed by atoms with Gasteiger partial charge in [0, 0.05) is 24.8 Å². The molecule has 1 aliphatic rings. The van der Waals surface area contributed by atoms with Crippen LogP contribution in [0.1, 0.15) is 12.5 Å². The number of carboxylic acid groups (broad SMARTS) is 1. The van der Waals surface area contributed by atoms with E-state index in [0.29, 0.717) is 12.2 Å². The molecular formula is C11H12N2O3. The topological polar surface area (TPSA) is 69.6 Å². The van der Waals surface area contributed by atoms with Crippen LogP contribution in [0.25, 0.3) is 0 Å². The van der Waals surface area contributed by atoms with Crippen LogP contribution in [-0.2, 0) is 11.2 Å². The van der Waals surface area contributed by atoms with Gasteiger partial charge in [-0.25, -0.2) is 4.79 Å². The van der Waals surface area contributed by atoms with Crippen molar-refractivity contribution in [2.45, 2.75) is 13.3 Å². The van der Waals surface area contributed by atoms with Crippen molar-refractivity contribution in [3.63, 3.8) is 0 Å². The fourth-order valence-electron chi connectivity index (χ4n) is 1.93. The Balaban J connectivity index is 2.29. The number of hydrogen-bond donors (Lipinski definition) is 2. The molecule has 2 N–H and O–H groups in total. The van der Waals surface area contributed by atoms with Crippen LogP contribution in [-0.4, -0.2) is 23.7 Å². The molecular weight excluding hydrogens is 208 g/mol. The minimum Gasteiger partial charge on any atom is -0.465 e. The molecule has 0 saturated heterocycles. The number of nitrogens with zero attached hydrogens (tertiary/aromatic N) is 1. The average molecular weight is 220 g/mol. The third-order valence-corrected chi connectivity index (χ3v) is 2.61. The van der Waals surface area contributed by atoms with Crippen molar-refractivity contribution in [2.75, 3.05) is 16.8 Å². The maximum absolute atomic E-state index is 11.3. The van der Waals surface area contributed by atoms with Crippen LogP contribution in [0.15, 0.2) is 18.2 Å². The lowest BCUT2D eigenvalue weighted by molar-refractivity contribution is -0.116. The van der Waals surface area contributed by atoms with Crippen molar-refractivity contribution in [3.8, 4) is 0 Å². The molecule has 16 heavy (non-hydrogen) atoms. The number of carbonyl (C=O) groups is 2. The molecule has 5 heteroatoms. The molecule has 0 aromatic heterocycles. The Morgan fingerprint density at radius 2 is 2.19 bits per heavy atom. The van der Waals surface area contributed by atoms with Crippen LogP contribution >= 0.6 is 0 Å². The first kappa shape index (κ1) is 10.5. The minimum absolute atomic E-state index is 0.0118. The zero-order chi connectivity index (χ0) is 11.7. The van der Waals surface area contributed by atoms with Gasteiger partial charge in [0.15, 0.2) is 0 Å². The summed E-state index contributed by atoms with van der Waals surface area (Å²) in [4.78, 5) is 23.4. The van der Waals surface area contributed by atoms with Crippen molar-refractivity contribution in [3.05, 3.63) is 23.8 Å². The number of anilines is 2. The summed E-state index contributed by atoms with van der Waals surface area (Å²) in [5.41, 5.74) is 2.42. The van der Waals surface area contributed by atoms with Crippen molar-refractivity contribution >= 4 is 23.4 Å². The number of fused-ring (bicyclic) bond motifs is 1. The van der Waals surface area contributed by atoms with Gasteiger partial charge in [0.2, 0.25) is 5.91 Å². The molecule has 84 valence electrons. The summed E-state index contributed by atoms with van der Waals surface area (Å²) < 4.78 is 0. The quantitative estimate of drug-likeness (QED) is 0.756. The van der Waals surface area contributed by atoms with Crippen LogP contribution in [0.2, 0.25) is 0 Å². The second kappa shape index (κ2) is 3.84. The van der Waals surface area contributed by atoms with E-state index in [4.69, 9.17) is 5.11 Å². The molecule has 0 atom stereocenters. The molecule has 0 radical (unpaired) electrons. The summed E-state index contributed by atoms with van der Waals surface area (Å²) in [6, 6.07) is 5.20. The monoisotopic (exact) mass is 220 g/mol. The third kappa shape index (κ3) is 1.84. The number of nitrogens with one attached hydrogen (secondary N) is 1. The minimum atomic E-state index is -1.08. The summed E-state index contributed by atoms with van der Waals surface area (Å²) in [7, 11) is 0. The molecule has 0 bridgehead atoms. The highest BCUT2D eigenvalue weighted by molar-refractivity contribution is 5.94. The zero-order valence-corrected chi connectivity index (χ0v) is 8.86. The van der Waals surface area contributed by atoms with E-state index >= 15 is 0 Å². The molecule has 2 amide bonds. The van der Waals surface area contributed by atoms with E-state index in [1.54, 1.807) is 23.1 Å². The van der Waals surface area contributed by atoms with Crippen LogP contribution in [0.4, 0.5) is 16.2 Å². The highest BCUT2D eigenvalue weighted by Gasteiger charge is 2.22. The number of rotatable bonds is 1. The Hall–Kier alpha value is -2.04. The van der Waals surface area contributed by atoms with Gasteiger partial charge in [-0.05, 0) is 30.2 Å². The van der Waals surface area contributed by atoms with Gasteiger partial charge < -0.3 is 10.0 Å². The lowest BCUT2D eigenvalue weighted by atomic mass is 10.1. The molecule has 5 nitrogen and oxygen atoms in total. The molecule has 0 aliphatic carbocycles. The van der Waals surface area contributed by atoms with Crippen LogP contribution in [0, 0.1) is 0 Å². The maximum Gasteiger partial charge on any atom is 0.409 e. The van der Waals surface area contributed by atoms with E-state index in [1.165, 1.54) is 6.92 Å². The summed E-state index contributed by atoms with van der Waals surface area (Å²) in [6.45, 7) is 2.19. The summed E-state index contributed by atoms with van der Waals surface area (Å²) in [6.07, 6.45) is -0.314. The lowest BCUT2D eigenvalue weighted by Gasteiger charge is -2.14. The largest absolute Gasteiger partial charge is 0.465 e. The van der Waals surface area contributed by atoms with Crippen molar-refractivity contribution < 1.29 is 14.7 Å². The van der Waals surface area contributed by atoms with Gasteiger partial charge in [-0.2, -0.15) is 0 Å². The molecule has 0 fully saturated rings. The first-order valence-corrected chi connectivity index (χ1v) is 4.99. The smallest absolute Gasteiger partial charge is 0.409 e. The van der Waals surface area contributed by atoms with E-state index in [2.05, 4.69) is 5.32 Å². The van der Waals surface area contributed by atoms with E-state index < -0.39 is 6.09 Å². The molecule has 1 heterocycles. The molecule has 1 aromatic carbocycles. The van der Waals surface area contributed by atoms with Crippen LogP contribution in [0.3, 0.4) is 0 Å². The molecule has 0 saturated carbocycles. The fraction of sp³-hybridized carbons (Fsp3) is 0.273. The standard InChI is InChI=1S/C11H12N2O3/c1-7(14)13-5-4-8-6-9(12-11(15)16)2-3-10(8)13/h2-3,6,12H,4-5H2,1H3,(H,15,16). The van der Waals surface area contributed by atoms with Crippen molar-refractivity contribution in [1.29, 1.82) is 0 Å².